The first-order valence-electron chi connectivity index (χ1n) is 6.79. The van der Waals surface area contributed by atoms with E-state index in [0.717, 1.165) is 10.5 Å². The molecule has 1 amide bonds. The third kappa shape index (κ3) is 4.94. The Hall–Kier alpha value is -1.60. The van der Waals surface area contributed by atoms with Crippen molar-refractivity contribution in [3.63, 3.8) is 0 Å². The van der Waals surface area contributed by atoms with E-state index in [1.54, 1.807) is 24.9 Å². The van der Waals surface area contributed by atoms with E-state index in [9.17, 15) is 13.6 Å². The highest BCUT2D eigenvalue weighted by atomic mass is 32.2. The Morgan fingerprint density at radius 3 is 2.57 bits per heavy atom. The standard InChI is InChI=1S/C16H16F2N2OS2/c1-20(10-11-5-7-12(22-2)8-6-11)15(21)13-4-3-9-19-14(13)23-16(17)18/h3-9,16H,10H2,1-2H3. The van der Waals surface area contributed by atoms with Gasteiger partial charge in [-0.3, -0.25) is 4.79 Å². The average molecular weight is 354 g/mol. The van der Waals surface area contributed by atoms with Gasteiger partial charge in [-0.1, -0.05) is 12.1 Å². The van der Waals surface area contributed by atoms with Gasteiger partial charge in [-0.05, 0) is 47.8 Å². The quantitative estimate of drug-likeness (QED) is 0.721. The molecule has 7 heteroatoms. The third-order valence-electron chi connectivity index (χ3n) is 3.13. The molecule has 0 aliphatic heterocycles. The molecule has 0 fully saturated rings. The second kappa shape index (κ2) is 8.31. The molecule has 0 saturated carbocycles. The second-order valence-electron chi connectivity index (χ2n) is 4.74. The van der Waals surface area contributed by atoms with Crippen molar-refractivity contribution in [1.82, 2.24) is 9.88 Å². The van der Waals surface area contributed by atoms with Gasteiger partial charge in [-0.25, -0.2) is 4.98 Å². The molecule has 0 aliphatic rings. The molecule has 0 bridgehead atoms. The van der Waals surface area contributed by atoms with Crippen LogP contribution in [0, 0.1) is 0 Å². The van der Waals surface area contributed by atoms with Gasteiger partial charge in [0, 0.05) is 24.7 Å². The Labute approximate surface area is 142 Å². The molecule has 0 saturated heterocycles. The highest BCUT2D eigenvalue weighted by Crippen LogP contribution is 2.27. The molecule has 0 unspecified atom stereocenters. The normalized spacial score (nSPS) is 10.8. The number of hydrogen-bond acceptors (Lipinski definition) is 4. The van der Waals surface area contributed by atoms with Gasteiger partial charge in [-0.15, -0.1) is 11.8 Å². The maximum absolute atomic E-state index is 12.6. The van der Waals surface area contributed by atoms with E-state index < -0.39 is 5.76 Å². The van der Waals surface area contributed by atoms with Gasteiger partial charge < -0.3 is 4.90 Å². The summed E-state index contributed by atoms with van der Waals surface area (Å²) in [7, 11) is 1.65. The molecule has 1 aromatic heterocycles. The van der Waals surface area contributed by atoms with E-state index in [1.807, 2.05) is 30.5 Å². The van der Waals surface area contributed by atoms with Crippen molar-refractivity contribution >= 4 is 29.4 Å². The number of rotatable bonds is 6. The Balaban J connectivity index is 2.12. The molecule has 0 N–H and O–H groups in total. The van der Waals surface area contributed by atoms with Crippen LogP contribution in [0.25, 0.3) is 0 Å². The minimum Gasteiger partial charge on any atom is -0.337 e. The van der Waals surface area contributed by atoms with Crippen LogP contribution in [0.3, 0.4) is 0 Å². The van der Waals surface area contributed by atoms with Gasteiger partial charge in [0.15, 0.2) is 0 Å². The number of nitrogens with zero attached hydrogens (tertiary/aromatic N) is 2. The van der Waals surface area contributed by atoms with E-state index in [-0.39, 0.29) is 28.3 Å². The lowest BCUT2D eigenvalue weighted by Crippen LogP contribution is -2.27. The second-order valence-corrected chi connectivity index (χ2v) is 6.60. The lowest BCUT2D eigenvalue weighted by molar-refractivity contribution is 0.0781. The molecule has 2 aromatic rings. The van der Waals surface area contributed by atoms with Crippen LogP contribution in [0.5, 0.6) is 0 Å². The zero-order valence-corrected chi connectivity index (χ0v) is 14.3. The summed E-state index contributed by atoms with van der Waals surface area (Å²) in [5, 5.41) is 0.0529. The Morgan fingerprint density at radius 2 is 1.96 bits per heavy atom. The molecule has 0 spiro atoms. The van der Waals surface area contributed by atoms with Crippen molar-refractivity contribution in [2.75, 3.05) is 13.3 Å². The Morgan fingerprint density at radius 1 is 1.26 bits per heavy atom. The van der Waals surface area contributed by atoms with Crippen LogP contribution in [0.4, 0.5) is 8.78 Å². The Bertz CT molecular complexity index is 665. The number of halogens is 2. The van der Waals surface area contributed by atoms with E-state index in [1.165, 1.54) is 17.2 Å². The molecule has 23 heavy (non-hydrogen) atoms. The predicted octanol–water partition coefficient (Wildman–Crippen LogP) is 4.39. The van der Waals surface area contributed by atoms with Crippen LogP contribution in [0.2, 0.25) is 0 Å². The van der Waals surface area contributed by atoms with E-state index >= 15 is 0 Å². The van der Waals surface area contributed by atoms with Gasteiger partial charge >= 0.3 is 0 Å². The third-order valence-corrected chi connectivity index (χ3v) is 4.60. The highest BCUT2D eigenvalue weighted by molar-refractivity contribution is 7.99. The largest absolute Gasteiger partial charge is 0.337 e. The highest BCUT2D eigenvalue weighted by Gasteiger charge is 2.19. The molecule has 0 aliphatic carbocycles. The molecular weight excluding hydrogens is 338 g/mol. The maximum atomic E-state index is 12.6. The molecular formula is C16H16F2N2OS2. The number of benzene rings is 1. The lowest BCUT2D eigenvalue weighted by atomic mass is 10.2. The van der Waals surface area contributed by atoms with Crippen LogP contribution >= 0.6 is 23.5 Å². The predicted molar refractivity (Wildman–Crippen MR) is 90.1 cm³/mol. The van der Waals surface area contributed by atoms with Crippen molar-refractivity contribution < 1.29 is 13.6 Å². The van der Waals surface area contributed by atoms with Gasteiger partial charge in [0.05, 0.1) is 5.56 Å². The van der Waals surface area contributed by atoms with Gasteiger partial charge in [0.25, 0.3) is 11.7 Å². The summed E-state index contributed by atoms with van der Waals surface area (Å²) < 4.78 is 25.2. The summed E-state index contributed by atoms with van der Waals surface area (Å²) >= 11 is 1.93. The van der Waals surface area contributed by atoms with Crippen molar-refractivity contribution in [2.24, 2.45) is 0 Å². The number of alkyl halides is 2. The van der Waals surface area contributed by atoms with Crippen LogP contribution in [0.15, 0.2) is 52.5 Å². The SMILES string of the molecule is CSc1ccc(CN(C)C(=O)c2cccnc2SC(F)F)cc1. The molecule has 0 radical (unpaired) electrons. The first kappa shape index (κ1) is 17.7. The first-order chi connectivity index (χ1) is 11.0. The number of hydrogen-bond donors (Lipinski definition) is 0. The van der Waals surface area contributed by atoms with Gasteiger partial charge in [0.2, 0.25) is 0 Å². The minimum atomic E-state index is -2.61. The number of carbonyl (C=O) groups is 1. The summed E-state index contributed by atoms with van der Waals surface area (Å²) in [6.07, 6.45) is 3.40. The van der Waals surface area contributed by atoms with Gasteiger partial charge in [-0.2, -0.15) is 8.78 Å². The van der Waals surface area contributed by atoms with Crippen molar-refractivity contribution in [1.29, 1.82) is 0 Å². The minimum absolute atomic E-state index is 0.0529. The van der Waals surface area contributed by atoms with E-state index in [0.29, 0.717) is 6.54 Å². The van der Waals surface area contributed by atoms with E-state index in [2.05, 4.69) is 4.98 Å². The van der Waals surface area contributed by atoms with Crippen LogP contribution in [-0.4, -0.2) is 34.9 Å². The monoisotopic (exact) mass is 354 g/mol. The molecule has 1 heterocycles. The van der Waals surface area contributed by atoms with Crippen molar-refractivity contribution in [3.05, 3.63) is 53.7 Å². The van der Waals surface area contributed by atoms with Crippen LogP contribution in [-0.2, 0) is 6.54 Å². The number of thioether (sulfide) groups is 2. The number of amides is 1. The fourth-order valence-corrected chi connectivity index (χ4v) is 3.00. The summed E-state index contributed by atoms with van der Waals surface area (Å²) in [5.41, 5.74) is 1.17. The molecule has 0 atom stereocenters. The zero-order valence-electron chi connectivity index (χ0n) is 12.7. The fraction of sp³-hybridized carbons (Fsp3) is 0.250. The molecule has 122 valence electrons. The Kier molecular flexibility index (Phi) is 6.41. The van der Waals surface area contributed by atoms with E-state index in [4.69, 9.17) is 0 Å². The number of pyridine rings is 1. The summed E-state index contributed by atoms with van der Waals surface area (Å²) in [6, 6.07) is 11.0. The lowest BCUT2D eigenvalue weighted by Gasteiger charge is -2.18. The van der Waals surface area contributed by atoms with Gasteiger partial charge in [0.1, 0.15) is 5.03 Å². The van der Waals surface area contributed by atoms with Crippen LogP contribution in [0.1, 0.15) is 15.9 Å². The summed E-state index contributed by atoms with van der Waals surface area (Å²) in [4.78, 5) is 19.0. The smallest absolute Gasteiger partial charge is 0.290 e. The van der Waals surface area contributed by atoms with Crippen molar-refractivity contribution in [2.45, 2.75) is 22.2 Å². The average Bonchev–Trinajstić information content (AvgIpc) is 2.55. The molecule has 1 aromatic carbocycles. The topological polar surface area (TPSA) is 33.2 Å². The zero-order chi connectivity index (χ0) is 16.8. The fourth-order valence-electron chi connectivity index (χ4n) is 2.01. The van der Waals surface area contributed by atoms with Crippen molar-refractivity contribution in [3.8, 4) is 0 Å². The molecule has 2 rings (SSSR count). The first-order valence-corrected chi connectivity index (χ1v) is 8.90. The summed E-state index contributed by atoms with van der Waals surface area (Å²) in [5.74, 6) is -2.93. The summed E-state index contributed by atoms with van der Waals surface area (Å²) in [6.45, 7) is 0.404. The number of carbonyl (C=O) groups excluding carboxylic acids is 1. The number of aromatic nitrogens is 1. The maximum Gasteiger partial charge on any atom is 0.290 e. The van der Waals surface area contributed by atoms with Crippen LogP contribution < -0.4 is 0 Å². The molecule has 3 nitrogen and oxygen atoms in total.